The number of rotatable bonds is 6. The Kier molecular flexibility index (Phi) is 5.99. The third kappa shape index (κ3) is 4.56. The highest BCUT2D eigenvalue weighted by Crippen LogP contribution is 2.19. The van der Waals surface area contributed by atoms with Crippen molar-refractivity contribution >= 4 is 11.9 Å². The van der Waals surface area contributed by atoms with Crippen molar-refractivity contribution in [3.05, 3.63) is 53.9 Å². The van der Waals surface area contributed by atoms with Gasteiger partial charge in [-0.25, -0.2) is 9.97 Å². The quantitative estimate of drug-likeness (QED) is 0.878. The Morgan fingerprint density at radius 2 is 1.92 bits per heavy atom. The minimum atomic E-state index is -0.121. The first-order chi connectivity index (χ1) is 12.3. The number of nitrogens with one attached hydrogen (secondary N) is 1. The normalized spacial score (nSPS) is 15.6. The fraction of sp³-hybridized carbons (Fsp3) is 0.450. The van der Waals surface area contributed by atoms with Crippen LogP contribution in [0.2, 0.25) is 0 Å². The molecule has 1 aromatic heterocycles. The second kappa shape index (κ2) is 8.60. The summed E-state index contributed by atoms with van der Waals surface area (Å²) in [7, 11) is 0. The smallest absolute Gasteiger partial charge is 0.227 e. The summed E-state index contributed by atoms with van der Waals surface area (Å²) in [6.45, 7) is 4.51. The van der Waals surface area contributed by atoms with Gasteiger partial charge in [0.25, 0.3) is 0 Å². The molecule has 5 heteroatoms. The van der Waals surface area contributed by atoms with Crippen LogP contribution in [0.3, 0.4) is 0 Å². The molecule has 0 unspecified atom stereocenters. The number of hydrogen-bond donors (Lipinski definition) is 1. The Morgan fingerprint density at radius 3 is 2.64 bits per heavy atom. The summed E-state index contributed by atoms with van der Waals surface area (Å²) in [5, 5.41) is 3.03. The van der Waals surface area contributed by atoms with Gasteiger partial charge in [0, 0.05) is 19.3 Å². The van der Waals surface area contributed by atoms with E-state index in [9.17, 15) is 4.79 Å². The van der Waals surface area contributed by atoms with Crippen LogP contribution in [0.5, 0.6) is 0 Å². The minimum Gasteiger partial charge on any atom is -0.350 e. The maximum Gasteiger partial charge on any atom is 0.227 e. The third-order valence-corrected chi connectivity index (χ3v) is 4.71. The maximum atomic E-state index is 12.6. The molecule has 132 valence electrons. The van der Waals surface area contributed by atoms with Crippen LogP contribution in [0.4, 0.5) is 5.95 Å². The van der Waals surface area contributed by atoms with Crippen LogP contribution in [-0.4, -0.2) is 29.0 Å². The van der Waals surface area contributed by atoms with Gasteiger partial charge >= 0.3 is 0 Å². The molecular weight excluding hydrogens is 312 g/mol. The van der Waals surface area contributed by atoms with Crippen molar-refractivity contribution in [1.82, 2.24) is 15.3 Å². The average Bonchev–Trinajstić information content (AvgIpc) is 2.69. The van der Waals surface area contributed by atoms with E-state index in [0.29, 0.717) is 6.54 Å². The molecule has 1 aromatic carbocycles. The topological polar surface area (TPSA) is 58.1 Å². The monoisotopic (exact) mass is 338 g/mol. The second-order valence-electron chi connectivity index (χ2n) is 6.49. The first-order valence-corrected chi connectivity index (χ1v) is 9.17. The number of piperidine rings is 1. The molecule has 1 saturated heterocycles. The lowest BCUT2D eigenvalue weighted by Crippen LogP contribution is -2.32. The van der Waals surface area contributed by atoms with E-state index in [0.717, 1.165) is 36.7 Å². The van der Waals surface area contributed by atoms with Crippen molar-refractivity contribution in [3.63, 3.8) is 0 Å². The molecule has 1 atom stereocenters. The molecule has 0 saturated carbocycles. The zero-order valence-corrected chi connectivity index (χ0v) is 14.8. The van der Waals surface area contributed by atoms with Crippen LogP contribution < -0.4 is 10.2 Å². The highest BCUT2D eigenvalue weighted by Gasteiger charge is 2.18. The van der Waals surface area contributed by atoms with Crippen molar-refractivity contribution in [2.24, 2.45) is 0 Å². The standard InChI is InChI=1S/C20H26N4O/c1-2-18(16-9-5-3-6-10-16)19(25)22-15-17-11-12-21-20(23-17)24-13-7-4-8-14-24/h3,5-6,9-12,18H,2,4,7-8,13-15H2,1H3,(H,22,25)/t18-/m1/s1. The molecule has 25 heavy (non-hydrogen) atoms. The highest BCUT2D eigenvalue weighted by atomic mass is 16.1. The van der Waals surface area contributed by atoms with Crippen molar-refractivity contribution in [3.8, 4) is 0 Å². The van der Waals surface area contributed by atoms with Crippen LogP contribution in [0, 0.1) is 0 Å². The minimum absolute atomic E-state index is 0.0480. The van der Waals surface area contributed by atoms with E-state index in [4.69, 9.17) is 0 Å². The Morgan fingerprint density at radius 1 is 1.16 bits per heavy atom. The first kappa shape index (κ1) is 17.4. The van der Waals surface area contributed by atoms with Gasteiger partial charge in [0.05, 0.1) is 18.2 Å². The van der Waals surface area contributed by atoms with Crippen molar-refractivity contribution in [2.45, 2.75) is 45.1 Å². The van der Waals surface area contributed by atoms with Gasteiger partial charge in [-0.2, -0.15) is 0 Å². The van der Waals surface area contributed by atoms with Crippen LogP contribution in [-0.2, 0) is 11.3 Å². The van der Waals surface area contributed by atoms with Gasteiger partial charge in [-0.15, -0.1) is 0 Å². The van der Waals surface area contributed by atoms with Gasteiger partial charge in [0.1, 0.15) is 0 Å². The van der Waals surface area contributed by atoms with Gasteiger partial charge in [-0.3, -0.25) is 4.79 Å². The van der Waals surface area contributed by atoms with Gasteiger partial charge in [0.15, 0.2) is 0 Å². The second-order valence-corrected chi connectivity index (χ2v) is 6.49. The Labute approximate surface area is 149 Å². The molecule has 1 N–H and O–H groups in total. The van der Waals surface area contributed by atoms with Crippen molar-refractivity contribution in [1.29, 1.82) is 0 Å². The molecule has 2 aromatic rings. The SMILES string of the molecule is CC[C@@H](C(=O)NCc1ccnc(N2CCCCC2)n1)c1ccccc1. The fourth-order valence-electron chi connectivity index (χ4n) is 3.29. The summed E-state index contributed by atoms with van der Waals surface area (Å²) >= 11 is 0. The van der Waals surface area contributed by atoms with Crippen molar-refractivity contribution in [2.75, 3.05) is 18.0 Å². The lowest BCUT2D eigenvalue weighted by atomic mass is 9.96. The van der Waals surface area contributed by atoms with Gasteiger partial charge < -0.3 is 10.2 Å². The molecule has 1 aliphatic heterocycles. The molecule has 0 aliphatic carbocycles. The summed E-state index contributed by atoms with van der Waals surface area (Å²) < 4.78 is 0. The molecule has 2 heterocycles. The number of anilines is 1. The molecule has 0 radical (unpaired) electrons. The zero-order chi connectivity index (χ0) is 17.5. The van der Waals surface area contributed by atoms with Crippen LogP contribution in [0.15, 0.2) is 42.6 Å². The summed E-state index contributed by atoms with van der Waals surface area (Å²) in [6.07, 6.45) is 6.23. The predicted molar refractivity (Wildman–Crippen MR) is 99.4 cm³/mol. The summed E-state index contributed by atoms with van der Waals surface area (Å²) in [4.78, 5) is 23.8. The number of aromatic nitrogens is 2. The van der Waals surface area contributed by atoms with E-state index in [1.807, 2.05) is 43.3 Å². The van der Waals surface area contributed by atoms with Gasteiger partial charge in [-0.05, 0) is 37.3 Å². The Balaban J connectivity index is 1.61. The number of benzene rings is 1. The van der Waals surface area contributed by atoms with E-state index in [1.165, 1.54) is 19.3 Å². The third-order valence-electron chi connectivity index (χ3n) is 4.71. The zero-order valence-electron chi connectivity index (χ0n) is 14.8. The summed E-state index contributed by atoms with van der Waals surface area (Å²) in [6, 6.07) is 11.8. The maximum absolute atomic E-state index is 12.6. The lowest BCUT2D eigenvalue weighted by molar-refractivity contribution is -0.122. The summed E-state index contributed by atoms with van der Waals surface area (Å²) in [5.41, 5.74) is 1.91. The van der Waals surface area contributed by atoms with Gasteiger partial charge in [-0.1, -0.05) is 37.3 Å². The Hall–Kier alpha value is -2.43. The highest BCUT2D eigenvalue weighted by molar-refractivity contribution is 5.83. The van der Waals surface area contributed by atoms with Crippen LogP contribution >= 0.6 is 0 Å². The molecule has 1 fully saturated rings. The largest absolute Gasteiger partial charge is 0.350 e. The number of amides is 1. The van der Waals surface area contributed by atoms with E-state index >= 15 is 0 Å². The summed E-state index contributed by atoms with van der Waals surface area (Å²) in [5.74, 6) is 0.706. The molecule has 0 bridgehead atoms. The lowest BCUT2D eigenvalue weighted by Gasteiger charge is -2.26. The molecule has 5 nitrogen and oxygen atoms in total. The van der Waals surface area contributed by atoms with Crippen LogP contribution in [0.25, 0.3) is 0 Å². The molecule has 1 amide bonds. The van der Waals surface area contributed by atoms with E-state index in [2.05, 4.69) is 20.2 Å². The Bertz CT molecular complexity index is 683. The van der Waals surface area contributed by atoms with E-state index in [1.54, 1.807) is 6.20 Å². The molecule has 3 rings (SSSR count). The number of carbonyl (C=O) groups is 1. The molecule has 1 aliphatic rings. The predicted octanol–water partition coefficient (Wildman–Crippen LogP) is 3.28. The number of hydrogen-bond acceptors (Lipinski definition) is 4. The van der Waals surface area contributed by atoms with Crippen LogP contribution in [0.1, 0.15) is 49.8 Å². The number of carbonyl (C=O) groups excluding carboxylic acids is 1. The fourth-order valence-corrected chi connectivity index (χ4v) is 3.29. The molecular formula is C20H26N4O. The van der Waals surface area contributed by atoms with Gasteiger partial charge in [0.2, 0.25) is 11.9 Å². The average molecular weight is 338 g/mol. The van der Waals surface area contributed by atoms with Crippen molar-refractivity contribution < 1.29 is 4.79 Å². The number of nitrogens with zero attached hydrogens (tertiary/aromatic N) is 3. The first-order valence-electron chi connectivity index (χ1n) is 9.17. The van der Waals surface area contributed by atoms with E-state index in [-0.39, 0.29) is 11.8 Å². The molecule has 0 spiro atoms. The van der Waals surface area contributed by atoms with E-state index < -0.39 is 0 Å².